The van der Waals surface area contributed by atoms with Crippen molar-refractivity contribution in [1.82, 2.24) is 4.90 Å². The highest BCUT2D eigenvalue weighted by molar-refractivity contribution is 6.31. The number of halogens is 1. The van der Waals surface area contributed by atoms with Gasteiger partial charge in [0.05, 0.1) is 12.2 Å². The van der Waals surface area contributed by atoms with Crippen LogP contribution in [0.4, 0.5) is 5.69 Å². The molecule has 3 heterocycles. The summed E-state index contributed by atoms with van der Waals surface area (Å²) < 4.78 is 0. The van der Waals surface area contributed by atoms with Crippen LogP contribution in [0.25, 0.3) is 5.70 Å². The van der Waals surface area contributed by atoms with Crippen molar-refractivity contribution < 1.29 is 0 Å². The van der Waals surface area contributed by atoms with Gasteiger partial charge in [-0.15, -0.1) is 0 Å². The lowest BCUT2D eigenvalue weighted by molar-refractivity contribution is 0.643. The first-order valence-electron chi connectivity index (χ1n) is 7.45. The van der Waals surface area contributed by atoms with Gasteiger partial charge in [0, 0.05) is 41.4 Å². The molecule has 21 heavy (non-hydrogen) atoms. The van der Waals surface area contributed by atoms with Crippen molar-refractivity contribution in [3.8, 4) is 0 Å². The van der Waals surface area contributed by atoms with Crippen molar-refractivity contribution in [3.63, 3.8) is 0 Å². The molecular weight excluding hydrogens is 284 g/mol. The molecule has 0 aromatic heterocycles. The highest BCUT2D eigenvalue weighted by Gasteiger charge is 2.32. The van der Waals surface area contributed by atoms with E-state index in [0.717, 1.165) is 66.1 Å². The van der Waals surface area contributed by atoms with E-state index in [4.69, 9.17) is 21.6 Å². The van der Waals surface area contributed by atoms with E-state index in [1.165, 1.54) is 5.57 Å². The fraction of sp³-hybridized carbons (Fsp3) is 0.375. The zero-order valence-electron chi connectivity index (χ0n) is 12.0. The second kappa shape index (κ2) is 4.88. The van der Waals surface area contributed by atoms with Crippen molar-refractivity contribution >= 4 is 34.7 Å². The van der Waals surface area contributed by atoms with Gasteiger partial charge in [-0.2, -0.15) is 0 Å². The van der Waals surface area contributed by atoms with Gasteiger partial charge in [0.25, 0.3) is 0 Å². The van der Waals surface area contributed by atoms with E-state index in [2.05, 4.69) is 23.2 Å². The van der Waals surface area contributed by atoms with Gasteiger partial charge in [-0.3, -0.25) is 4.99 Å². The number of anilines is 1. The molecule has 0 saturated heterocycles. The number of hydrogen-bond acceptors (Lipinski definition) is 4. The van der Waals surface area contributed by atoms with Crippen molar-refractivity contribution in [3.05, 3.63) is 34.4 Å². The van der Waals surface area contributed by atoms with Crippen molar-refractivity contribution in [2.45, 2.75) is 19.8 Å². The van der Waals surface area contributed by atoms with Crippen LogP contribution in [0.2, 0.25) is 5.02 Å². The Morgan fingerprint density at radius 3 is 3.14 bits per heavy atom. The molecule has 0 aliphatic carbocycles. The van der Waals surface area contributed by atoms with Gasteiger partial charge in [-0.05, 0) is 24.6 Å². The van der Waals surface area contributed by atoms with Crippen LogP contribution in [-0.4, -0.2) is 36.2 Å². The molecule has 3 aliphatic rings. The number of rotatable bonds is 1. The van der Waals surface area contributed by atoms with E-state index >= 15 is 0 Å². The van der Waals surface area contributed by atoms with Gasteiger partial charge in [0.2, 0.25) is 0 Å². The van der Waals surface area contributed by atoms with Crippen LogP contribution in [0, 0.1) is 0 Å². The van der Waals surface area contributed by atoms with Gasteiger partial charge in [-0.1, -0.05) is 18.5 Å². The second-order valence-corrected chi connectivity index (χ2v) is 5.87. The molecule has 0 fully saturated rings. The van der Waals surface area contributed by atoms with Gasteiger partial charge in [0.15, 0.2) is 0 Å². The topological polar surface area (TPSA) is 40.0 Å². The Balaban J connectivity index is 1.94. The van der Waals surface area contributed by atoms with Crippen LogP contribution < -0.4 is 5.32 Å². The molecule has 0 saturated carbocycles. The average Bonchev–Trinajstić information content (AvgIpc) is 2.90. The van der Waals surface area contributed by atoms with Crippen LogP contribution >= 0.6 is 11.6 Å². The molecule has 0 atom stereocenters. The molecule has 0 bridgehead atoms. The molecule has 4 rings (SSSR count). The molecule has 0 spiro atoms. The van der Waals surface area contributed by atoms with Gasteiger partial charge in [-0.25, -0.2) is 4.99 Å². The highest BCUT2D eigenvalue weighted by Crippen LogP contribution is 2.37. The summed E-state index contributed by atoms with van der Waals surface area (Å²) in [4.78, 5) is 12.0. The van der Waals surface area contributed by atoms with Crippen molar-refractivity contribution in [2.75, 3.05) is 25.0 Å². The normalized spacial score (nSPS) is 20.0. The van der Waals surface area contributed by atoms with E-state index in [1.54, 1.807) is 0 Å². The van der Waals surface area contributed by atoms with Crippen LogP contribution in [-0.2, 0) is 0 Å². The minimum atomic E-state index is 0.751. The lowest BCUT2D eigenvalue weighted by atomic mass is 10.0. The first-order chi connectivity index (χ1) is 10.3. The fourth-order valence-corrected chi connectivity index (χ4v) is 3.41. The molecule has 1 N–H and O–H groups in total. The first-order valence-corrected chi connectivity index (χ1v) is 7.82. The van der Waals surface area contributed by atoms with Crippen LogP contribution in [0.3, 0.4) is 0 Å². The Morgan fingerprint density at radius 2 is 2.29 bits per heavy atom. The number of nitrogens with zero attached hydrogens (tertiary/aromatic N) is 3. The minimum absolute atomic E-state index is 0.751. The largest absolute Gasteiger partial charge is 0.384 e. The molecule has 1 aromatic carbocycles. The Morgan fingerprint density at radius 1 is 1.38 bits per heavy atom. The molecule has 1 aromatic rings. The summed E-state index contributed by atoms with van der Waals surface area (Å²) in [5, 5.41) is 4.22. The summed E-state index contributed by atoms with van der Waals surface area (Å²) in [7, 11) is 0. The van der Waals surface area contributed by atoms with Crippen LogP contribution in [0.5, 0.6) is 0 Å². The predicted molar refractivity (Wildman–Crippen MR) is 88.2 cm³/mol. The summed E-state index contributed by atoms with van der Waals surface area (Å²) in [6.07, 6.45) is 1.86. The zero-order valence-corrected chi connectivity index (χ0v) is 12.7. The zero-order chi connectivity index (χ0) is 14.4. The van der Waals surface area contributed by atoms with E-state index in [1.807, 2.05) is 12.1 Å². The minimum Gasteiger partial charge on any atom is -0.384 e. The first kappa shape index (κ1) is 12.9. The Kier molecular flexibility index (Phi) is 3.00. The Labute approximate surface area is 129 Å². The molecular formula is C16H17ClN4. The Hall–Kier alpha value is -1.81. The molecule has 0 amide bonds. The van der Waals surface area contributed by atoms with E-state index in [9.17, 15) is 0 Å². The number of hydrogen-bond donors (Lipinski definition) is 1. The average molecular weight is 301 g/mol. The SMILES string of the molecule is CCC1=NC2=C(CCNc3cc(Cl)ccc32)C2=NCCN12. The molecule has 108 valence electrons. The maximum Gasteiger partial charge on any atom is 0.134 e. The lowest BCUT2D eigenvalue weighted by Gasteiger charge is -2.28. The summed E-state index contributed by atoms with van der Waals surface area (Å²) in [5.41, 5.74) is 4.53. The molecule has 5 heteroatoms. The monoisotopic (exact) mass is 300 g/mol. The smallest absolute Gasteiger partial charge is 0.134 e. The quantitative estimate of drug-likeness (QED) is 0.863. The third kappa shape index (κ3) is 1.97. The number of fused-ring (bicyclic) bond motifs is 4. The highest BCUT2D eigenvalue weighted by atomic mass is 35.5. The van der Waals surface area contributed by atoms with Crippen LogP contribution in [0.1, 0.15) is 25.3 Å². The molecule has 3 aliphatic heterocycles. The number of nitrogens with one attached hydrogen (secondary N) is 1. The van der Waals surface area contributed by atoms with Crippen LogP contribution in [0.15, 0.2) is 33.8 Å². The number of benzene rings is 1. The number of aliphatic imine (C=N–C) groups is 2. The van der Waals surface area contributed by atoms with Gasteiger partial charge < -0.3 is 10.2 Å². The predicted octanol–water partition coefficient (Wildman–Crippen LogP) is 3.40. The summed E-state index contributed by atoms with van der Waals surface area (Å²) in [6.45, 7) is 4.86. The Bertz CT molecular complexity index is 702. The maximum atomic E-state index is 6.13. The molecule has 4 nitrogen and oxygen atoms in total. The third-order valence-corrected chi connectivity index (χ3v) is 4.43. The standard InChI is InChI=1S/C16H17ClN4/c1-2-14-20-15-11-4-3-10(17)9-13(11)18-6-5-12(15)16-19-7-8-21(14)16/h3-4,9,18H,2,5-8H2,1H3. The fourth-order valence-electron chi connectivity index (χ4n) is 3.23. The lowest BCUT2D eigenvalue weighted by Crippen LogP contribution is -2.37. The summed E-state index contributed by atoms with van der Waals surface area (Å²) >= 11 is 6.13. The third-order valence-electron chi connectivity index (χ3n) is 4.19. The van der Waals surface area contributed by atoms with Gasteiger partial charge in [0.1, 0.15) is 11.7 Å². The maximum absolute atomic E-state index is 6.13. The summed E-state index contributed by atoms with van der Waals surface area (Å²) in [6, 6.07) is 5.98. The summed E-state index contributed by atoms with van der Waals surface area (Å²) in [5.74, 6) is 2.24. The second-order valence-electron chi connectivity index (χ2n) is 5.43. The van der Waals surface area contributed by atoms with E-state index < -0.39 is 0 Å². The van der Waals surface area contributed by atoms with Gasteiger partial charge >= 0.3 is 0 Å². The molecule has 0 radical (unpaired) electrons. The van der Waals surface area contributed by atoms with E-state index in [0.29, 0.717) is 0 Å². The van der Waals surface area contributed by atoms with Crippen molar-refractivity contribution in [2.24, 2.45) is 9.98 Å². The number of amidine groups is 2. The molecule has 0 unspecified atom stereocenters. The van der Waals surface area contributed by atoms with E-state index in [-0.39, 0.29) is 0 Å². The van der Waals surface area contributed by atoms with Crippen molar-refractivity contribution in [1.29, 1.82) is 0 Å².